The molecule has 0 aliphatic heterocycles. The first-order chi connectivity index (χ1) is 9.13. The van der Waals surface area contributed by atoms with Crippen LogP contribution in [0, 0.1) is 5.82 Å². The first-order valence-corrected chi connectivity index (χ1v) is 5.78. The quantitative estimate of drug-likeness (QED) is 0.742. The Bertz CT molecular complexity index is 569. The number of carbonyl (C=O) groups is 1. The van der Waals surface area contributed by atoms with Crippen LogP contribution < -0.4 is 16.4 Å². The number of hydrogen-bond donors (Lipinski definition) is 3. The summed E-state index contributed by atoms with van der Waals surface area (Å²) in [4.78, 5) is 11.6. The van der Waals surface area contributed by atoms with E-state index in [4.69, 9.17) is 5.73 Å². The van der Waals surface area contributed by atoms with Gasteiger partial charge in [0.05, 0.1) is 0 Å². The van der Waals surface area contributed by atoms with Crippen molar-refractivity contribution in [2.75, 3.05) is 11.1 Å². The first kappa shape index (κ1) is 12.9. The van der Waals surface area contributed by atoms with Gasteiger partial charge in [-0.15, -0.1) is 0 Å². The van der Waals surface area contributed by atoms with E-state index in [1.165, 1.54) is 12.1 Å². The summed E-state index contributed by atoms with van der Waals surface area (Å²) in [5.41, 5.74) is 7.63. The van der Waals surface area contributed by atoms with E-state index >= 15 is 0 Å². The van der Waals surface area contributed by atoms with Crippen LogP contribution in [0.4, 0.5) is 20.6 Å². The third-order valence-corrected chi connectivity index (χ3v) is 2.51. The molecule has 0 atom stereocenters. The van der Waals surface area contributed by atoms with Crippen molar-refractivity contribution in [2.24, 2.45) is 0 Å². The van der Waals surface area contributed by atoms with Crippen LogP contribution in [0.1, 0.15) is 5.56 Å². The van der Waals surface area contributed by atoms with Gasteiger partial charge in [0, 0.05) is 17.9 Å². The number of benzene rings is 2. The van der Waals surface area contributed by atoms with E-state index in [1.54, 1.807) is 36.4 Å². The summed E-state index contributed by atoms with van der Waals surface area (Å²) in [7, 11) is 0. The number of urea groups is 1. The molecule has 98 valence electrons. The number of nitrogen functional groups attached to an aromatic ring is 1. The van der Waals surface area contributed by atoms with Gasteiger partial charge in [-0.05, 0) is 35.9 Å². The molecule has 0 radical (unpaired) electrons. The summed E-state index contributed by atoms with van der Waals surface area (Å²) in [6.45, 7) is 0.328. The summed E-state index contributed by atoms with van der Waals surface area (Å²) >= 11 is 0. The number of anilines is 2. The fraction of sp³-hybridized carbons (Fsp3) is 0.0714. The average molecular weight is 259 g/mol. The van der Waals surface area contributed by atoms with Crippen molar-refractivity contribution in [2.45, 2.75) is 6.54 Å². The number of nitrogens with one attached hydrogen (secondary N) is 2. The largest absolute Gasteiger partial charge is 0.399 e. The number of hydrogen-bond acceptors (Lipinski definition) is 2. The third-order valence-electron chi connectivity index (χ3n) is 2.51. The monoisotopic (exact) mass is 259 g/mol. The van der Waals surface area contributed by atoms with Crippen LogP contribution in [0.25, 0.3) is 0 Å². The Hall–Kier alpha value is -2.56. The lowest BCUT2D eigenvalue weighted by Gasteiger charge is -2.08. The van der Waals surface area contributed by atoms with Crippen molar-refractivity contribution in [1.82, 2.24) is 5.32 Å². The third kappa shape index (κ3) is 3.99. The van der Waals surface area contributed by atoms with Gasteiger partial charge in [0.1, 0.15) is 5.82 Å². The minimum atomic E-state index is -0.338. The normalized spacial score (nSPS) is 9.95. The molecule has 0 fully saturated rings. The average Bonchev–Trinajstić information content (AvgIpc) is 2.38. The highest BCUT2D eigenvalue weighted by Gasteiger charge is 2.02. The highest BCUT2D eigenvalue weighted by Crippen LogP contribution is 2.11. The Kier molecular flexibility index (Phi) is 3.97. The maximum atomic E-state index is 12.7. The predicted molar refractivity (Wildman–Crippen MR) is 73.1 cm³/mol. The summed E-state index contributed by atoms with van der Waals surface area (Å²) in [5, 5.41) is 5.33. The predicted octanol–water partition coefficient (Wildman–Crippen LogP) is 2.73. The van der Waals surface area contributed by atoms with E-state index in [9.17, 15) is 9.18 Å². The zero-order chi connectivity index (χ0) is 13.7. The Morgan fingerprint density at radius 2 is 1.89 bits per heavy atom. The van der Waals surface area contributed by atoms with Gasteiger partial charge in [0.15, 0.2) is 0 Å². The number of rotatable bonds is 3. The van der Waals surface area contributed by atoms with Crippen LogP contribution in [0.2, 0.25) is 0 Å². The second-order valence-electron chi connectivity index (χ2n) is 4.06. The molecule has 2 rings (SSSR count). The molecule has 2 aromatic carbocycles. The maximum Gasteiger partial charge on any atom is 0.319 e. The summed E-state index contributed by atoms with van der Waals surface area (Å²) in [5.74, 6) is -0.298. The smallest absolute Gasteiger partial charge is 0.319 e. The fourth-order valence-corrected chi connectivity index (χ4v) is 1.58. The van der Waals surface area contributed by atoms with E-state index in [0.29, 0.717) is 17.9 Å². The van der Waals surface area contributed by atoms with E-state index in [1.807, 2.05) is 0 Å². The van der Waals surface area contributed by atoms with Gasteiger partial charge < -0.3 is 16.4 Å². The minimum Gasteiger partial charge on any atom is -0.399 e. The van der Waals surface area contributed by atoms with Crippen molar-refractivity contribution in [3.05, 3.63) is 59.9 Å². The maximum absolute atomic E-state index is 12.7. The van der Waals surface area contributed by atoms with Gasteiger partial charge in [-0.2, -0.15) is 0 Å². The van der Waals surface area contributed by atoms with Gasteiger partial charge in [-0.3, -0.25) is 0 Å². The zero-order valence-electron chi connectivity index (χ0n) is 10.2. The van der Waals surface area contributed by atoms with Gasteiger partial charge in [-0.1, -0.05) is 18.2 Å². The SMILES string of the molecule is Nc1cccc(NC(=O)NCc2ccc(F)cc2)c1. The standard InChI is InChI=1S/C14H14FN3O/c15-11-6-4-10(5-7-11)9-17-14(19)18-13-3-1-2-12(16)8-13/h1-8H,9,16H2,(H2,17,18,19). The molecule has 0 saturated carbocycles. The number of amides is 2. The molecule has 5 heteroatoms. The number of halogens is 1. The molecule has 0 spiro atoms. The van der Waals surface area contributed by atoms with Gasteiger partial charge in [0.2, 0.25) is 0 Å². The minimum absolute atomic E-state index is 0.298. The molecular formula is C14H14FN3O. The second-order valence-corrected chi connectivity index (χ2v) is 4.06. The van der Waals surface area contributed by atoms with E-state index in [-0.39, 0.29) is 11.8 Å². The summed E-state index contributed by atoms with van der Waals surface area (Å²) in [6, 6.07) is 12.5. The first-order valence-electron chi connectivity index (χ1n) is 5.78. The molecule has 0 heterocycles. The topological polar surface area (TPSA) is 67.1 Å². The fourth-order valence-electron chi connectivity index (χ4n) is 1.58. The second kappa shape index (κ2) is 5.86. The van der Waals surface area contributed by atoms with Crippen LogP contribution >= 0.6 is 0 Å². The Morgan fingerprint density at radius 3 is 2.58 bits per heavy atom. The van der Waals surface area contributed by atoms with Crippen molar-refractivity contribution in [3.63, 3.8) is 0 Å². The Balaban J connectivity index is 1.86. The van der Waals surface area contributed by atoms with Crippen molar-refractivity contribution in [3.8, 4) is 0 Å². The molecule has 19 heavy (non-hydrogen) atoms. The Morgan fingerprint density at radius 1 is 1.16 bits per heavy atom. The van der Waals surface area contributed by atoms with Crippen LogP contribution in [0.3, 0.4) is 0 Å². The molecule has 0 saturated heterocycles. The molecule has 0 aliphatic rings. The van der Waals surface area contributed by atoms with E-state index in [2.05, 4.69) is 10.6 Å². The highest BCUT2D eigenvalue weighted by atomic mass is 19.1. The number of carbonyl (C=O) groups excluding carboxylic acids is 1. The molecule has 4 nitrogen and oxygen atoms in total. The lowest BCUT2D eigenvalue weighted by molar-refractivity contribution is 0.251. The lowest BCUT2D eigenvalue weighted by atomic mass is 10.2. The van der Waals surface area contributed by atoms with Gasteiger partial charge >= 0.3 is 6.03 Å². The van der Waals surface area contributed by atoms with Crippen LogP contribution in [-0.2, 0) is 6.54 Å². The summed E-state index contributed by atoms with van der Waals surface area (Å²) in [6.07, 6.45) is 0. The molecule has 4 N–H and O–H groups in total. The molecular weight excluding hydrogens is 245 g/mol. The van der Waals surface area contributed by atoms with Crippen LogP contribution in [-0.4, -0.2) is 6.03 Å². The molecule has 0 unspecified atom stereocenters. The van der Waals surface area contributed by atoms with Gasteiger partial charge in [0.25, 0.3) is 0 Å². The molecule has 0 bridgehead atoms. The molecule has 0 aliphatic carbocycles. The van der Waals surface area contributed by atoms with Crippen molar-refractivity contribution >= 4 is 17.4 Å². The molecule has 2 aromatic rings. The Labute approximate surface area is 110 Å². The lowest BCUT2D eigenvalue weighted by Crippen LogP contribution is -2.28. The zero-order valence-corrected chi connectivity index (χ0v) is 10.2. The van der Waals surface area contributed by atoms with Crippen LogP contribution in [0.5, 0.6) is 0 Å². The summed E-state index contributed by atoms with van der Waals surface area (Å²) < 4.78 is 12.7. The highest BCUT2D eigenvalue weighted by molar-refractivity contribution is 5.89. The molecule has 0 aromatic heterocycles. The van der Waals surface area contributed by atoms with Crippen LogP contribution in [0.15, 0.2) is 48.5 Å². The van der Waals surface area contributed by atoms with E-state index in [0.717, 1.165) is 5.56 Å². The molecule has 2 amide bonds. The van der Waals surface area contributed by atoms with Crippen molar-refractivity contribution < 1.29 is 9.18 Å². The van der Waals surface area contributed by atoms with Gasteiger partial charge in [-0.25, -0.2) is 9.18 Å². The number of nitrogens with two attached hydrogens (primary N) is 1. The van der Waals surface area contributed by atoms with Crippen molar-refractivity contribution in [1.29, 1.82) is 0 Å². The van der Waals surface area contributed by atoms with E-state index < -0.39 is 0 Å².